The highest BCUT2D eigenvalue weighted by Gasteiger charge is 2.39. The van der Waals surface area contributed by atoms with Crippen LogP contribution in [0.5, 0.6) is 0 Å². The Bertz CT molecular complexity index is 464. The van der Waals surface area contributed by atoms with E-state index in [0.29, 0.717) is 17.4 Å². The van der Waals surface area contributed by atoms with E-state index in [1.807, 2.05) is 6.92 Å². The SMILES string of the molecule is CCC1(C(=O)Nc2nc(C(C)=O)cs2)CCNC1. The molecule has 1 aliphatic rings. The molecular weight excluding hydrogens is 250 g/mol. The minimum absolute atomic E-state index is 0.000507. The summed E-state index contributed by atoms with van der Waals surface area (Å²) in [6.07, 6.45) is 1.65. The van der Waals surface area contributed by atoms with Crippen molar-refractivity contribution in [1.82, 2.24) is 10.3 Å². The molecule has 98 valence electrons. The fourth-order valence-electron chi connectivity index (χ4n) is 2.12. The van der Waals surface area contributed by atoms with Crippen LogP contribution >= 0.6 is 11.3 Å². The molecule has 2 heterocycles. The summed E-state index contributed by atoms with van der Waals surface area (Å²) in [6.45, 7) is 5.07. The van der Waals surface area contributed by atoms with Crippen molar-refractivity contribution in [2.45, 2.75) is 26.7 Å². The lowest BCUT2D eigenvalue weighted by Gasteiger charge is -2.24. The first-order chi connectivity index (χ1) is 8.57. The van der Waals surface area contributed by atoms with E-state index in [9.17, 15) is 9.59 Å². The fraction of sp³-hybridized carbons (Fsp3) is 0.583. The molecule has 1 aromatic heterocycles. The van der Waals surface area contributed by atoms with Crippen molar-refractivity contribution in [3.63, 3.8) is 0 Å². The first-order valence-corrected chi connectivity index (χ1v) is 6.94. The van der Waals surface area contributed by atoms with Gasteiger partial charge in [0.2, 0.25) is 5.91 Å². The number of nitrogens with one attached hydrogen (secondary N) is 2. The first kappa shape index (κ1) is 13.2. The highest BCUT2D eigenvalue weighted by Crippen LogP contribution is 2.31. The van der Waals surface area contributed by atoms with Crippen LogP contribution in [0.2, 0.25) is 0 Å². The number of anilines is 1. The van der Waals surface area contributed by atoms with Crippen molar-refractivity contribution in [2.24, 2.45) is 5.41 Å². The van der Waals surface area contributed by atoms with Crippen LogP contribution in [0.25, 0.3) is 0 Å². The van der Waals surface area contributed by atoms with Gasteiger partial charge in [0.25, 0.3) is 0 Å². The molecule has 18 heavy (non-hydrogen) atoms. The first-order valence-electron chi connectivity index (χ1n) is 6.06. The minimum Gasteiger partial charge on any atom is -0.316 e. The maximum absolute atomic E-state index is 12.3. The Morgan fingerprint density at radius 3 is 2.89 bits per heavy atom. The molecule has 1 amide bonds. The molecule has 5 nitrogen and oxygen atoms in total. The van der Waals surface area contributed by atoms with Crippen LogP contribution in [0.4, 0.5) is 5.13 Å². The number of Topliss-reactive ketones (excluding diaryl/α,β-unsaturated/α-hetero) is 1. The Hall–Kier alpha value is -1.27. The van der Waals surface area contributed by atoms with Gasteiger partial charge >= 0.3 is 0 Å². The third-order valence-electron chi connectivity index (χ3n) is 3.49. The molecule has 0 bridgehead atoms. The Kier molecular flexibility index (Phi) is 3.77. The van der Waals surface area contributed by atoms with E-state index in [4.69, 9.17) is 0 Å². The van der Waals surface area contributed by atoms with Gasteiger partial charge in [0.05, 0.1) is 5.41 Å². The molecule has 2 N–H and O–H groups in total. The zero-order valence-corrected chi connectivity index (χ0v) is 11.4. The Morgan fingerprint density at radius 2 is 2.39 bits per heavy atom. The van der Waals surface area contributed by atoms with E-state index in [1.165, 1.54) is 18.3 Å². The second-order valence-electron chi connectivity index (χ2n) is 4.61. The molecule has 1 aliphatic heterocycles. The lowest BCUT2D eigenvalue weighted by Crippen LogP contribution is -2.37. The van der Waals surface area contributed by atoms with Gasteiger partial charge in [-0.2, -0.15) is 0 Å². The Morgan fingerprint density at radius 1 is 1.61 bits per heavy atom. The third kappa shape index (κ3) is 2.44. The Labute approximate surface area is 110 Å². The van der Waals surface area contributed by atoms with Gasteiger partial charge in [0.15, 0.2) is 10.9 Å². The van der Waals surface area contributed by atoms with E-state index in [-0.39, 0.29) is 17.1 Å². The summed E-state index contributed by atoms with van der Waals surface area (Å²) < 4.78 is 0. The molecule has 0 saturated carbocycles. The highest BCUT2D eigenvalue weighted by molar-refractivity contribution is 7.14. The molecule has 2 rings (SSSR count). The number of nitrogens with zero attached hydrogens (tertiary/aromatic N) is 1. The summed E-state index contributed by atoms with van der Waals surface area (Å²) in [5.74, 6) is -0.0843. The molecule has 0 aliphatic carbocycles. The van der Waals surface area contributed by atoms with E-state index >= 15 is 0 Å². The van der Waals surface area contributed by atoms with Gasteiger partial charge in [0.1, 0.15) is 5.69 Å². The van der Waals surface area contributed by atoms with Crippen LogP contribution in [0.1, 0.15) is 37.2 Å². The third-order valence-corrected chi connectivity index (χ3v) is 4.25. The summed E-state index contributed by atoms with van der Waals surface area (Å²) in [6, 6.07) is 0. The largest absolute Gasteiger partial charge is 0.316 e. The van der Waals surface area contributed by atoms with E-state index in [2.05, 4.69) is 15.6 Å². The summed E-state index contributed by atoms with van der Waals surface area (Å²) >= 11 is 1.29. The van der Waals surface area contributed by atoms with Gasteiger partial charge in [-0.3, -0.25) is 9.59 Å². The molecule has 1 unspecified atom stereocenters. The number of carbonyl (C=O) groups excluding carboxylic acids is 2. The van der Waals surface area contributed by atoms with Gasteiger partial charge in [-0.15, -0.1) is 11.3 Å². The fourth-order valence-corrected chi connectivity index (χ4v) is 2.87. The lowest BCUT2D eigenvalue weighted by molar-refractivity contribution is -0.124. The standard InChI is InChI=1S/C12H17N3O2S/c1-3-12(4-5-13-7-12)10(17)15-11-14-9(6-18-11)8(2)16/h6,13H,3-5,7H2,1-2H3,(H,14,15,17). The highest BCUT2D eigenvalue weighted by atomic mass is 32.1. The number of rotatable bonds is 4. The van der Waals surface area contributed by atoms with Gasteiger partial charge in [-0.1, -0.05) is 6.92 Å². The number of amides is 1. The van der Waals surface area contributed by atoms with E-state index in [0.717, 1.165) is 19.4 Å². The van der Waals surface area contributed by atoms with Crippen molar-refractivity contribution in [3.05, 3.63) is 11.1 Å². The monoisotopic (exact) mass is 267 g/mol. The zero-order chi connectivity index (χ0) is 13.2. The van der Waals surface area contributed by atoms with E-state index < -0.39 is 0 Å². The zero-order valence-electron chi connectivity index (χ0n) is 10.6. The van der Waals surface area contributed by atoms with Crippen molar-refractivity contribution < 1.29 is 9.59 Å². The van der Waals surface area contributed by atoms with Crippen molar-refractivity contribution >= 4 is 28.2 Å². The molecule has 0 aromatic carbocycles. The van der Waals surface area contributed by atoms with Gasteiger partial charge < -0.3 is 10.6 Å². The summed E-state index contributed by atoms with van der Waals surface area (Å²) in [4.78, 5) is 27.5. The maximum atomic E-state index is 12.3. The number of hydrogen-bond donors (Lipinski definition) is 2. The molecular formula is C12H17N3O2S. The van der Waals surface area contributed by atoms with Crippen LogP contribution in [-0.4, -0.2) is 29.8 Å². The summed E-state index contributed by atoms with van der Waals surface area (Å²) in [5.41, 5.74) is 0.0765. The topological polar surface area (TPSA) is 71.1 Å². The van der Waals surface area contributed by atoms with Crippen LogP contribution in [0.15, 0.2) is 5.38 Å². The normalized spacial score (nSPS) is 23.0. The number of carbonyl (C=O) groups is 2. The maximum Gasteiger partial charge on any atom is 0.233 e. The predicted molar refractivity (Wildman–Crippen MR) is 71.0 cm³/mol. The molecule has 0 radical (unpaired) electrons. The molecule has 1 fully saturated rings. The molecule has 0 spiro atoms. The van der Waals surface area contributed by atoms with Crippen molar-refractivity contribution in [2.75, 3.05) is 18.4 Å². The lowest BCUT2D eigenvalue weighted by atomic mass is 9.83. The van der Waals surface area contributed by atoms with Crippen LogP contribution < -0.4 is 10.6 Å². The second kappa shape index (κ2) is 5.16. The number of hydrogen-bond acceptors (Lipinski definition) is 5. The average Bonchev–Trinajstić information content (AvgIpc) is 2.97. The van der Waals surface area contributed by atoms with Crippen LogP contribution in [-0.2, 0) is 4.79 Å². The number of thiazole rings is 1. The summed E-state index contributed by atoms with van der Waals surface area (Å²) in [7, 11) is 0. The number of aromatic nitrogens is 1. The smallest absolute Gasteiger partial charge is 0.233 e. The van der Waals surface area contributed by atoms with Gasteiger partial charge in [0, 0.05) is 18.8 Å². The van der Waals surface area contributed by atoms with Crippen LogP contribution in [0, 0.1) is 5.41 Å². The quantitative estimate of drug-likeness (QED) is 0.814. The summed E-state index contributed by atoms with van der Waals surface area (Å²) in [5, 5.41) is 8.22. The van der Waals surface area contributed by atoms with Gasteiger partial charge in [-0.05, 0) is 19.4 Å². The predicted octanol–water partition coefficient (Wildman–Crippen LogP) is 1.67. The molecule has 1 aromatic rings. The van der Waals surface area contributed by atoms with Gasteiger partial charge in [-0.25, -0.2) is 4.98 Å². The van der Waals surface area contributed by atoms with Crippen LogP contribution in [0.3, 0.4) is 0 Å². The molecule has 1 atom stereocenters. The second-order valence-corrected chi connectivity index (χ2v) is 5.47. The minimum atomic E-state index is -0.331. The van der Waals surface area contributed by atoms with E-state index in [1.54, 1.807) is 5.38 Å². The van der Waals surface area contributed by atoms with Crippen molar-refractivity contribution in [1.29, 1.82) is 0 Å². The molecule has 6 heteroatoms. The molecule has 1 saturated heterocycles. The average molecular weight is 267 g/mol. The Balaban J connectivity index is 2.08. The van der Waals surface area contributed by atoms with Crippen molar-refractivity contribution in [3.8, 4) is 0 Å². The number of ketones is 1.